The molecule has 0 unspecified atom stereocenters. The third-order valence-corrected chi connectivity index (χ3v) is 8.09. The standard InChI is InChI=1S/C18H14N.C15H12N2.C11H8N.CH4.Ir/c1-2-6-14(7-3-1)15-9-10-16-13-19-11-5-4-8-18(19)17(16)12-15;1-3-7-14(8-4-1)16-11-12-17(13-16)15-9-5-2-6-10-15;1-2-6-10(7-3-1)11-8-4-5-9-12-11;;/h1-12H,13H2;1-9,11-13H;1-6,8-9H;1H4;/q+1;-2;-1;;+3. The fraction of sp³-hybridized carbons (Fsp3) is 0.0444. The van der Waals surface area contributed by atoms with E-state index in [0.717, 1.165) is 29.2 Å². The van der Waals surface area contributed by atoms with Crippen molar-refractivity contribution in [1.82, 2.24) is 4.98 Å². The van der Waals surface area contributed by atoms with Crippen molar-refractivity contribution in [2.75, 3.05) is 9.80 Å². The molecule has 4 heterocycles. The van der Waals surface area contributed by atoms with Gasteiger partial charge in [-0.1, -0.05) is 80.2 Å². The fourth-order valence-corrected chi connectivity index (χ4v) is 5.67. The van der Waals surface area contributed by atoms with Gasteiger partial charge in [0.2, 0.25) is 5.69 Å². The van der Waals surface area contributed by atoms with Gasteiger partial charge in [-0.2, -0.15) is 34.9 Å². The Balaban J connectivity index is 0.000000146. The van der Waals surface area contributed by atoms with Crippen LogP contribution >= 0.6 is 0 Å². The maximum absolute atomic E-state index is 4.22. The smallest absolute Gasteiger partial charge is 0.500 e. The monoisotopic (exact) mass is 827 g/mol. The van der Waals surface area contributed by atoms with Crippen LogP contribution in [0.25, 0.3) is 33.6 Å². The molecular formula is C45H38IrN4+. The molecule has 0 radical (unpaired) electrons. The molecule has 2 aromatic heterocycles. The molecular weight excluding hydrogens is 789 g/mol. The molecule has 5 aromatic carbocycles. The van der Waals surface area contributed by atoms with E-state index in [0.29, 0.717) is 0 Å². The Labute approximate surface area is 310 Å². The Morgan fingerprint density at radius 2 is 1.32 bits per heavy atom. The second kappa shape index (κ2) is 17.7. The van der Waals surface area contributed by atoms with Crippen molar-refractivity contribution < 1.29 is 24.7 Å². The molecule has 0 amide bonds. The summed E-state index contributed by atoms with van der Waals surface area (Å²) in [6, 6.07) is 62.0. The number of nitrogens with zero attached hydrogens (tertiary/aromatic N) is 4. The van der Waals surface area contributed by atoms with Crippen molar-refractivity contribution >= 4 is 11.4 Å². The average molecular weight is 827 g/mol. The minimum Gasteiger partial charge on any atom is -0.500 e. The fourth-order valence-electron chi connectivity index (χ4n) is 5.67. The molecule has 0 N–H and O–H groups in total. The molecule has 9 rings (SSSR count). The van der Waals surface area contributed by atoms with E-state index in [1.807, 2.05) is 109 Å². The number of hydrogen-bond donors (Lipinski definition) is 0. The first-order valence-electron chi connectivity index (χ1n) is 16.0. The molecule has 0 fully saturated rings. The van der Waals surface area contributed by atoms with E-state index in [9.17, 15) is 0 Å². The Hall–Kier alpha value is -5.61. The molecule has 0 saturated carbocycles. The van der Waals surface area contributed by atoms with Gasteiger partial charge in [0.25, 0.3) is 0 Å². The molecule has 0 spiro atoms. The van der Waals surface area contributed by atoms with E-state index in [4.69, 9.17) is 0 Å². The van der Waals surface area contributed by atoms with Crippen LogP contribution < -0.4 is 14.4 Å². The minimum atomic E-state index is 0. The van der Waals surface area contributed by atoms with Gasteiger partial charge in [0.15, 0.2) is 12.7 Å². The van der Waals surface area contributed by atoms with Gasteiger partial charge in [-0.25, -0.2) is 0 Å². The van der Waals surface area contributed by atoms with Crippen molar-refractivity contribution in [3.05, 3.63) is 213 Å². The second-order valence-electron chi connectivity index (χ2n) is 11.3. The number of benzene rings is 5. The molecule has 5 heteroatoms. The Kier molecular flexibility index (Phi) is 12.6. The van der Waals surface area contributed by atoms with Crippen LogP contribution in [0.1, 0.15) is 13.0 Å². The predicted octanol–water partition coefficient (Wildman–Crippen LogP) is 10.3. The average Bonchev–Trinajstić information content (AvgIpc) is 3.83. The number of hydrogen-bond acceptors (Lipinski definition) is 3. The van der Waals surface area contributed by atoms with Gasteiger partial charge in [0.1, 0.15) is 0 Å². The summed E-state index contributed by atoms with van der Waals surface area (Å²) in [5, 5.41) is 0. The molecule has 50 heavy (non-hydrogen) atoms. The first kappa shape index (κ1) is 35.7. The number of anilines is 2. The van der Waals surface area contributed by atoms with Crippen LogP contribution in [-0.2, 0) is 26.7 Å². The first-order valence-corrected chi connectivity index (χ1v) is 16.0. The molecule has 2 aliphatic rings. The zero-order valence-electron chi connectivity index (χ0n) is 26.8. The summed E-state index contributed by atoms with van der Waals surface area (Å²) < 4.78 is 2.30. The van der Waals surface area contributed by atoms with Gasteiger partial charge in [0.05, 0.1) is 5.56 Å². The Bertz CT molecular complexity index is 1990. The van der Waals surface area contributed by atoms with Crippen LogP contribution in [0.2, 0.25) is 0 Å². The molecule has 0 saturated heterocycles. The van der Waals surface area contributed by atoms with E-state index in [2.05, 4.69) is 112 Å². The maximum Gasteiger partial charge on any atom is 3.00 e. The van der Waals surface area contributed by atoms with Gasteiger partial charge in [-0.3, -0.25) is 0 Å². The predicted molar refractivity (Wildman–Crippen MR) is 202 cm³/mol. The van der Waals surface area contributed by atoms with Gasteiger partial charge in [-0.05, 0) is 59.6 Å². The van der Waals surface area contributed by atoms with Crippen molar-refractivity contribution in [1.29, 1.82) is 0 Å². The molecule has 4 nitrogen and oxygen atoms in total. The van der Waals surface area contributed by atoms with Crippen LogP contribution in [0.3, 0.4) is 0 Å². The molecule has 7 aromatic rings. The van der Waals surface area contributed by atoms with E-state index in [1.54, 1.807) is 6.20 Å². The molecule has 0 bridgehead atoms. The summed E-state index contributed by atoms with van der Waals surface area (Å²) in [5.74, 6) is 0. The number of aromatic nitrogens is 2. The zero-order chi connectivity index (χ0) is 32.4. The van der Waals surface area contributed by atoms with Gasteiger partial charge in [0, 0.05) is 29.6 Å². The van der Waals surface area contributed by atoms with Crippen molar-refractivity contribution in [3.63, 3.8) is 0 Å². The molecule has 246 valence electrons. The zero-order valence-corrected chi connectivity index (χ0v) is 29.2. The summed E-state index contributed by atoms with van der Waals surface area (Å²) in [7, 11) is 0. The van der Waals surface area contributed by atoms with E-state index in [-0.39, 0.29) is 27.5 Å². The Morgan fingerprint density at radius 1 is 0.620 bits per heavy atom. The Morgan fingerprint density at radius 3 is 2.04 bits per heavy atom. The van der Waals surface area contributed by atoms with Crippen LogP contribution in [0.5, 0.6) is 0 Å². The SMILES string of the molecule is C.[Ir+3].[c-]1ccccc1-c1ccccn1.[c-]1ccccc1N1C=CN(c2ccccc2)[CH-]1.c1ccc(-c2ccc3c(c2)-c2cccc[n+]2C3)cc1. The van der Waals surface area contributed by atoms with E-state index < -0.39 is 0 Å². The van der Waals surface area contributed by atoms with Crippen molar-refractivity contribution in [3.8, 4) is 33.6 Å². The summed E-state index contributed by atoms with van der Waals surface area (Å²) in [4.78, 5) is 8.35. The van der Waals surface area contributed by atoms with E-state index in [1.165, 1.54) is 27.9 Å². The third-order valence-electron chi connectivity index (χ3n) is 8.09. The quantitative estimate of drug-likeness (QED) is 0.130. The normalized spacial score (nSPS) is 11.8. The van der Waals surface area contributed by atoms with Crippen LogP contribution in [-0.4, -0.2) is 4.98 Å². The number of para-hydroxylation sites is 2. The maximum atomic E-state index is 4.22. The summed E-state index contributed by atoms with van der Waals surface area (Å²) in [6.07, 6.45) is 8.00. The van der Waals surface area contributed by atoms with Crippen LogP contribution in [0.4, 0.5) is 11.4 Å². The van der Waals surface area contributed by atoms with E-state index >= 15 is 0 Å². The molecule has 0 atom stereocenters. The molecule has 2 aliphatic heterocycles. The minimum absolute atomic E-state index is 0. The third kappa shape index (κ3) is 8.69. The van der Waals surface area contributed by atoms with Crippen LogP contribution in [0, 0.1) is 18.8 Å². The summed E-state index contributed by atoms with van der Waals surface area (Å²) in [6.45, 7) is 3.03. The van der Waals surface area contributed by atoms with Crippen LogP contribution in [0.15, 0.2) is 189 Å². The number of fused-ring (bicyclic) bond motifs is 3. The van der Waals surface area contributed by atoms with Gasteiger partial charge >= 0.3 is 20.1 Å². The van der Waals surface area contributed by atoms with Gasteiger partial charge in [-0.15, -0.1) is 48.3 Å². The largest absolute Gasteiger partial charge is 3.00 e. The first-order chi connectivity index (χ1) is 23.8. The summed E-state index contributed by atoms with van der Waals surface area (Å²) >= 11 is 0. The van der Waals surface area contributed by atoms with Crippen molar-refractivity contribution in [2.45, 2.75) is 14.0 Å². The van der Waals surface area contributed by atoms with Gasteiger partial charge < -0.3 is 14.8 Å². The second-order valence-corrected chi connectivity index (χ2v) is 11.3. The topological polar surface area (TPSA) is 23.3 Å². The number of rotatable bonds is 4. The number of pyridine rings is 2. The summed E-state index contributed by atoms with van der Waals surface area (Å²) in [5.41, 5.74) is 10.9. The molecule has 0 aliphatic carbocycles. The van der Waals surface area contributed by atoms with Crippen molar-refractivity contribution in [2.24, 2.45) is 0 Å².